The smallest absolute Gasteiger partial charge is 0.202 e. The van der Waals surface area contributed by atoms with Crippen LogP contribution < -0.4 is 5.32 Å². The lowest BCUT2D eigenvalue weighted by atomic mass is 9.81. The highest BCUT2D eigenvalue weighted by molar-refractivity contribution is 6.21. The summed E-state index contributed by atoms with van der Waals surface area (Å²) in [4.78, 5) is 24.5. The first-order chi connectivity index (χ1) is 10.5. The molecule has 0 saturated carbocycles. The number of anilines is 1. The number of rotatable bonds is 2. The fraction of sp³-hybridized carbons (Fsp3) is 0.400. The molecule has 1 N–H and O–H groups in total. The maximum Gasteiger partial charge on any atom is 0.202 e. The summed E-state index contributed by atoms with van der Waals surface area (Å²) < 4.78 is 0. The Balaban J connectivity index is 2.19. The van der Waals surface area contributed by atoms with E-state index < -0.39 is 0 Å². The number of allylic oxidation sites excluding steroid dienone is 3. The van der Waals surface area contributed by atoms with Gasteiger partial charge in [-0.2, -0.15) is 0 Å². The molecule has 2 rings (SSSR count). The van der Waals surface area contributed by atoms with Crippen LogP contribution in [0.4, 0.5) is 5.69 Å². The number of hydrogen-bond donors (Lipinski definition) is 1. The van der Waals surface area contributed by atoms with E-state index >= 15 is 0 Å². The van der Waals surface area contributed by atoms with Crippen LogP contribution in [-0.2, 0) is 15.0 Å². The predicted molar refractivity (Wildman–Crippen MR) is 94.4 cm³/mol. The zero-order valence-electron chi connectivity index (χ0n) is 14.8. The lowest BCUT2D eigenvalue weighted by Crippen LogP contribution is -2.25. The van der Waals surface area contributed by atoms with Crippen LogP contribution in [0.3, 0.4) is 0 Å². The van der Waals surface area contributed by atoms with E-state index in [0.29, 0.717) is 11.3 Å². The Morgan fingerprint density at radius 2 is 1.30 bits per heavy atom. The third-order valence-corrected chi connectivity index (χ3v) is 3.92. The molecular weight excluding hydrogens is 286 g/mol. The minimum atomic E-state index is -0.330. The van der Waals surface area contributed by atoms with Crippen LogP contribution in [0.25, 0.3) is 0 Å². The summed E-state index contributed by atoms with van der Waals surface area (Å²) in [6, 6.07) is 7.94. The Morgan fingerprint density at radius 1 is 0.739 bits per heavy atom. The van der Waals surface area contributed by atoms with Crippen molar-refractivity contribution in [3.05, 3.63) is 53.3 Å². The Bertz CT molecular complexity index is 693. The van der Waals surface area contributed by atoms with Crippen molar-refractivity contribution in [1.82, 2.24) is 0 Å². The van der Waals surface area contributed by atoms with Gasteiger partial charge < -0.3 is 5.32 Å². The van der Waals surface area contributed by atoms with E-state index in [1.807, 2.05) is 45.0 Å². The zero-order valence-corrected chi connectivity index (χ0v) is 14.8. The molecule has 3 nitrogen and oxygen atoms in total. The Morgan fingerprint density at radius 3 is 1.78 bits per heavy atom. The van der Waals surface area contributed by atoms with Gasteiger partial charge in [0.05, 0.1) is 5.70 Å². The summed E-state index contributed by atoms with van der Waals surface area (Å²) in [5.74, 6) is -0.264. The molecule has 0 aliphatic heterocycles. The number of carbonyl (C=O) groups excluding carboxylic acids is 2. The third kappa shape index (κ3) is 3.98. The summed E-state index contributed by atoms with van der Waals surface area (Å²) in [5.41, 5.74) is 2.65. The Hall–Kier alpha value is -2.16. The quantitative estimate of drug-likeness (QED) is 0.823. The van der Waals surface area contributed by atoms with Crippen LogP contribution in [0.15, 0.2) is 47.7 Å². The SMILES string of the molecule is CC(C)(C)C1=CC(=O)C(Nc2ccc(C(C)(C)C)cc2)=CC1=O. The first kappa shape index (κ1) is 17.2. The monoisotopic (exact) mass is 311 g/mol. The number of ketones is 2. The number of carbonyl (C=O) groups is 2. The summed E-state index contributed by atoms with van der Waals surface area (Å²) >= 11 is 0. The molecule has 0 heterocycles. The first-order valence-corrected chi connectivity index (χ1v) is 7.88. The molecule has 0 aromatic heterocycles. The van der Waals surface area contributed by atoms with Gasteiger partial charge >= 0.3 is 0 Å². The molecule has 122 valence electrons. The van der Waals surface area contributed by atoms with Crippen molar-refractivity contribution in [2.75, 3.05) is 5.32 Å². The highest BCUT2D eigenvalue weighted by Gasteiger charge is 2.28. The second kappa shape index (κ2) is 5.80. The van der Waals surface area contributed by atoms with E-state index in [0.717, 1.165) is 5.69 Å². The molecule has 3 heteroatoms. The fourth-order valence-electron chi connectivity index (χ4n) is 2.45. The molecule has 0 saturated heterocycles. The summed E-state index contributed by atoms with van der Waals surface area (Å²) in [5, 5.41) is 3.06. The average molecular weight is 311 g/mol. The second-order valence-electron chi connectivity index (χ2n) is 8.05. The van der Waals surface area contributed by atoms with Crippen molar-refractivity contribution in [3.63, 3.8) is 0 Å². The van der Waals surface area contributed by atoms with Gasteiger partial charge in [0.25, 0.3) is 0 Å². The molecule has 23 heavy (non-hydrogen) atoms. The number of benzene rings is 1. The van der Waals surface area contributed by atoms with Gasteiger partial charge in [-0.1, -0.05) is 53.7 Å². The normalized spacial score (nSPS) is 16.1. The minimum Gasteiger partial charge on any atom is -0.352 e. The van der Waals surface area contributed by atoms with E-state index in [4.69, 9.17) is 0 Å². The van der Waals surface area contributed by atoms with E-state index in [1.54, 1.807) is 0 Å². The summed E-state index contributed by atoms with van der Waals surface area (Å²) in [6.45, 7) is 12.3. The van der Waals surface area contributed by atoms with Crippen LogP contribution in [-0.4, -0.2) is 11.6 Å². The maximum absolute atomic E-state index is 12.3. The van der Waals surface area contributed by atoms with E-state index in [1.165, 1.54) is 17.7 Å². The van der Waals surface area contributed by atoms with E-state index in [2.05, 4.69) is 26.1 Å². The number of hydrogen-bond acceptors (Lipinski definition) is 3. The molecule has 0 amide bonds. The minimum absolute atomic E-state index is 0.0821. The molecule has 1 aliphatic carbocycles. The van der Waals surface area contributed by atoms with Crippen molar-refractivity contribution >= 4 is 17.3 Å². The molecular formula is C20H25NO2. The van der Waals surface area contributed by atoms with Crippen LogP contribution in [0.2, 0.25) is 0 Å². The second-order valence-corrected chi connectivity index (χ2v) is 8.05. The maximum atomic E-state index is 12.3. The topological polar surface area (TPSA) is 46.2 Å². The predicted octanol–water partition coefficient (Wildman–Crippen LogP) is 4.40. The van der Waals surface area contributed by atoms with Gasteiger partial charge in [-0.15, -0.1) is 0 Å². The van der Waals surface area contributed by atoms with Gasteiger partial charge in [-0.05, 0) is 34.6 Å². The van der Waals surface area contributed by atoms with Crippen molar-refractivity contribution in [2.24, 2.45) is 5.41 Å². The average Bonchev–Trinajstić information content (AvgIpc) is 2.41. The molecule has 0 unspecified atom stereocenters. The van der Waals surface area contributed by atoms with Gasteiger partial charge in [0.15, 0.2) is 5.78 Å². The van der Waals surface area contributed by atoms with Crippen molar-refractivity contribution in [2.45, 2.75) is 47.0 Å². The highest BCUT2D eigenvalue weighted by Crippen LogP contribution is 2.30. The highest BCUT2D eigenvalue weighted by atomic mass is 16.1. The van der Waals surface area contributed by atoms with Crippen LogP contribution in [0, 0.1) is 5.41 Å². The van der Waals surface area contributed by atoms with Crippen molar-refractivity contribution < 1.29 is 9.59 Å². The van der Waals surface area contributed by atoms with Crippen LogP contribution >= 0.6 is 0 Å². The molecule has 1 aliphatic rings. The lowest BCUT2D eigenvalue weighted by molar-refractivity contribution is -0.115. The molecule has 0 spiro atoms. The summed E-state index contributed by atoms with van der Waals surface area (Å²) in [7, 11) is 0. The fourth-order valence-corrected chi connectivity index (χ4v) is 2.45. The van der Waals surface area contributed by atoms with Gasteiger partial charge in [0, 0.05) is 17.3 Å². The van der Waals surface area contributed by atoms with Gasteiger partial charge in [-0.3, -0.25) is 9.59 Å². The third-order valence-electron chi connectivity index (χ3n) is 3.92. The molecule has 1 aromatic carbocycles. The molecule has 0 bridgehead atoms. The molecule has 0 radical (unpaired) electrons. The summed E-state index contributed by atoms with van der Waals surface area (Å²) in [6.07, 6.45) is 2.86. The van der Waals surface area contributed by atoms with Crippen LogP contribution in [0.5, 0.6) is 0 Å². The number of nitrogens with one attached hydrogen (secondary N) is 1. The van der Waals surface area contributed by atoms with Gasteiger partial charge in [0.2, 0.25) is 5.78 Å². The Kier molecular flexibility index (Phi) is 4.34. The standard InChI is InChI=1S/C20H25NO2/c1-19(2,3)13-7-9-14(10-8-13)21-16-12-17(22)15(11-18(16)23)20(4,5)6/h7-12,21H,1-6H3. The van der Waals surface area contributed by atoms with Gasteiger partial charge in [0.1, 0.15) is 0 Å². The Labute approximate surface area is 138 Å². The molecule has 1 aromatic rings. The van der Waals surface area contributed by atoms with Crippen molar-refractivity contribution in [3.8, 4) is 0 Å². The van der Waals surface area contributed by atoms with Gasteiger partial charge in [-0.25, -0.2) is 0 Å². The molecule has 0 atom stereocenters. The van der Waals surface area contributed by atoms with Crippen molar-refractivity contribution in [1.29, 1.82) is 0 Å². The van der Waals surface area contributed by atoms with E-state index in [-0.39, 0.29) is 22.4 Å². The first-order valence-electron chi connectivity index (χ1n) is 7.88. The molecule has 0 fully saturated rings. The lowest BCUT2D eigenvalue weighted by Gasteiger charge is -2.24. The largest absolute Gasteiger partial charge is 0.352 e. The van der Waals surface area contributed by atoms with Crippen LogP contribution in [0.1, 0.15) is 47.1 Å². The van der Waals surface area contributed by atoms with E-state index in [9.17, 15) is 9.59 Å². The zero-order chi connectivity index (χ0) is 17.4.